The summed E-state index contributed by atoms with van der Waals surface area (Å²) in [5.41, 5.74) is 9.54. The van der Waals surface area contributed by atoms with Gasteiger partial charge in [0.2, 0.25) is 0 Å². The molecule has 1 saturated carbocycles. The number of fused-ring (bicyclic) bond motifs is 1. The highest BCUT2D eigenvalue weighted by Gasteiger charge is 2.22. The fourth-order valence-electron chi connectivity index (χ4n) is 3.70. The zero-order valence-electron chi connectivity index (χ0n) is 16.0. The van der Waals surface area contributed by atoms with Gasteiger partial charge in [0.15, 0.2) is 5.82 Å². The fourth-order valence-corrected chi connectivity index (χ4v) is 3.83. The molecule has 0 saturated heterocycles. The third-order valence-corrected chi connectivity index (χ3v) is 5.56. The predicted octanol–water partition coefficient (Wildman–Crippen LogP) is 5.44. The zero-order chi connectivity index (χ0) is 19.5. The number of nitrogens with zero attached hydrogens (tertiary/aromatic N) is 2. The average Bonchev–Trinajstić information content (AvgIpc) is 2.70. The van der Waals surface area contributed by atoms with Crippen molar-refractivity contribution >= 4 is 40.5 Å². The molecule has 0 spiro atoms. The molecule has 1 aliphatic rings. The number of halogens is 1. The second-order valence-electron chi connectivity index (χ2n) is 7.54. The van der Waals surface area contributed by atoms with Crippen molar-refractivity contribution in [2.24, 2.45) is 5.73 Å². The Balaban J connectivity index is 1.69. The number of rotatable bonds is 4. The Morgan fingerprint density at radius 1 is 1.04 bits per heavy atom. The van der Waals surface area contributed by atoms with E-state index in [1.54, 1.807) is 0 Å². The molecule has 2 atom stereocenters. The van der Waals surface area contributed by atoms with E-state index in [1.165, 1.54) is 18.4 Å². The fraction of sp³-hybridized carbons (Fsp3) is 0.304. The van der Waals surface area contributed by atoms with Crippen LogP contribution in [-0.2, 0) is 0 Å². The van der Waals surface area contributed by atoms with Crippen molar-refractivity contribution in [2.45, 2.75) is 44.7 Å². The molecule has 0 amide bonds. The van der Waals surface area contributed by atoms with Crippen molar-refractivity contribution in [3.05, 3.63) is 64.4 Å². The minimum atomic E-state index is 0.164. The highest BCUT2D eigenvalue weighted by Crippen LogP contribution is 2.26. The van der Waals surface area contributed by atoms with Crippen LogP contribution in [0.15, 0.2) is 42.5 Å². The lowest BCUT2D eigenvalue weighted by molar-refractivity contribution is 0.403. The third-order valence-electron chi connectivity index (χ3n) is 5.30. The predicted molar refractivity (Wildman–Crippen MR) is 119 cm³/mol. The molecule has 1 aliphatic carbocycles. The van der Waals surface area contributed by atoms with Crippen molar-refractivity contribution in [2.75, 3.05) is 5.32 Å². The maximum atomic E-state index is 6.36. The number of hydrogen-bond acceptors (Lipinski definition) is 4. The summed E-state index contributed by atoms with van der Waals surface area (Å²) in [7, 11) is 0. The van der Waals surface area contributed by atoms with Gasteiger partial charge in [0.25, 0.3) is 0 Å². The summed E-state index contributed by atoms with van der Waals surface area (Å²) in [6, 6.07) is 14.4. The number of aryl methyl sites for hydroxylation is 1. The highest BCUT2D eigenvalue weighted by molar-refractivity contribution is 6.30. The summed E-state index contributed by atoms with van der Waals surface area (Å²) < 4.78 is 0. The molecule has 5 heteroatoms. The van der Waals surface area contributed by atoms with Gasteiger partial charge in [-0.2, -0.15) is 0 Å². The van der Waals surface area contributed by atoms with Crippen LogP contribution < -0.4 is 11.1 Å². The average molecular weight is 393 g/mol. The van der Waals surface area contributed by atoms with Crippen molar-refractivity contribution in [1.29, 1.82) is 0 Å². The van der Waals surface area contributed by atoms with Crippen molar-refractivity contribution < 1.29 is 0 Å². The summed E-state index contributed by atoms with van der Waals surface area (Å²) >= 11 is 5.96. The minimum absolute atomic E-state index is 0.164. The summed E-state index contributed by atoms with van der Waals surface area (Å²) in [5, 5.41) is 5.39. The van der Waals surface area contributed by atoms with Gasteiger partial charge >= 0.3 is 0 Å². The molecule has 1 fully saturated rings. The quantitative estimate of drug-likeness (QED) is 0.620. The molecule has 144 valence electrons. The third kappa shape index (κ3) is 4.34. The molecule has 1 aromatic heterocycles. The lowest BCUT2D eigenvalue weighted by Gasteiger charge is -2.30. The van der Waals surface area contributed by atoms with Gasteiger partial charge in [-0.15, -0.1) is 0 Å². The highest BCUT2D eigenvalue weighted by atomic mass is 35.5. The van der Waals surface area contributed by atoms with Gasteiger partial charge < -0.3 is 11.1 Å². The van der Waals surface area contributed by atoms with E-state index in [4.69, 9.17) is 27.3 Å². The molecular weight excluding hydrogens is 368 g/mol. The van der Waals surface area contributed by atoms with Crippen LogP contribution in [0.4, 0.5) is 5.82 Å². The number of aromatic nitrogens is 2. The Kier molecular flexibility index (Phi) is 5.60. The normalized spacial score (nSPS) is 20.0. The van der Waals surface area contributed by atoms with Crippen molar-refractivity contribution in [3.63, 3.8) is 0 Å². The molecule has 0 aliphatic heterocycles. The Bertz CT molecular complexity index is 997. The van der Waals surface area contributed by atoms with Crippen molar-refractivity contribution in [1.82, 2.24) is 9.97 Å². The van der Waals surface area contributed by atoms with Gasteiger partial charge in [-0.25, -0.2) is 9.97 Å². The van der Waals surface area contributed by atoms with E-state index in [9.17, 15) is 0 Å². The first-order chi connectivity index (χ1) is 13.6. The maximum Gasteiger partial charge on any atom is 0.154 e. The standard InChI is InChI=1S/C23H25ClN4/c1-15-6-12-20-18(14-15)23(27-21-5-3-2-4-19(21)25)28-22(26-20)13-9-16-7-10-17(24)11-8-16/h6-14,19,21H,2-5,25H2,1H3,(H,26,27,28)/t19-,21-/m1/s1. The summed E-state index contributed by atoms with van der Waals surface area (Å²) in [4.78, 5) is 9.54. The van der Waals surface area contributed by atoms with Gasteiger partial charge in [-0.1, -0.05) is 54.3 Å². The second-order valence-corrected chi connectivity index (χ2v) is 7.97. The first-order valence-electron chi connectivity index (χ1n) is 9.83. The molecule has 4 nitrogen and oxygen atoms in total. The molecule has 0 radical (unpaired) electrons. The molecule has 0 bridgehead atoms. The van der Waals surface area contributed by atoms with E-state index in [0.717, 1.165) is 40.1 Å². The van der Waals surface area contributed by atoms with E-state index in [1.807, 2.05) is 36.4 Å². The first kappa shape index (κ1) is 18.9. The van der Waals surface area contributed by atoms with Crippen LogP contribution in [0.2, 0.25) is 5.02 Å². The van der Waals surface area contributed by atoms with Crippen LogP contribution in [0.1, 0.15) is 42.6 Å². The number of benzene rings is 2. The lowest BCUT2D eigenvalue weighted by Crippen LogP contribution is -2.42. The molecule has 2 aromatic carbocycles. The number of nitrogens with two attached hydrogens (primary N) is 1. The SMILES string of the molecule is Cc1ccc2nc(C=Cc3ccc(Cl)cc3)nc(N[C@@H]3CCCC[C@H]3N)c2c1. The lowest BCUT2D eigenvalue weighted by atomic mass is 9.91. The molecule has 4 rings (SSSR count). The Morgan fingerprint density at radius 3 is 2.61 bits per heavy atom. The summed E-state index contributed by atoms with van der Waals surface area (Å²) in [6.07, 6.45) is 8.49. The smallest absolute Gasteiger partial charge is 0.154 e. The van der Waals surface area contributed by atoms with Gasteiger partial charge in [0.05, 0.1) is 5.52 Å². The van der Waals surface area contributed by atoms with E-state index in [2.05, 4.69) is 30.4 Å². The van der Waals surface area contributed by atoms with Gasteiger partial charge in [0.1, 0.15) is 5.82 Å². The molecule has 3 aromatic rings. The van der Waals surface area contributed by atoms with E-state index in [0.29, 0.717) is 5.82 Å². The van der Waals surface area contributed by atoms with Crippen molar-refractivity contribution in [3.8, 4) is 0 Å². The van der Waals surface area contributed by atoms with Crippen LogP contribution in [0.25, 0.3) is 23.1 Å². The molecule has 3 N–H and O–H groups in total. The topological polar surface area (TPSA) is 63.8 Å². The van der Waals surface area contributed by atoms with Gasteiger partial charge in [-0.05, 0) is 55.7 Å². The number of hydrogen-bond donors (Lipinski definition) is 2. The molecular formula is C23H25ClN4. The zero-order valence-corrected chi connectivity index (χ0v) is 16.8. The summed E-state index contributed by atoms with van der Waals surface area (Å²) in [6.45, 7) is 2.09. The Morgan fingerprint density at radius 2 is 1.82 bits per heavy atom. The molecule has 1 heterocycles. The molecule has 28 heavy (non-hydrogen) atoms. The molecule has 0 unspecified atom stereocenters. The Labute approximate surface area is 170 Å². The van der Waals surface area contributed by atoms with Crippen LogP contribution in [0.5, 0.6) is 0 Å². The van der Waals surface area contributed by atoms with Crippen LogP contribution in [-0.4, -0.2) is 22.1 Å². The number of nitrogens with one attached hydrogen (secondary N) is 1. The first-order valence-corrected chi connectivity index (χ1v) is 10.2. The maximum absolute atomic E-state index is 6.36. The summed E-state index contributed by atoms with van der Waals surface area (Å²) in [5.74, 6) is 1.55. The van der Waals surface area contributed by atoms with E-state index >= 15 is 0 Å². The second kappa shape index (κ2) is 8.29. The monoisotopic (exact) mass is 392 g/mol. The van der Waals surface area contributed by atoms with E-state index in [-0.39, 0.29) is 12.1 Å². The van der Waals surface area contributed by atoms with E-state index < -0.39 is 0 Å². The van der Waals surface area contributed by atoms with Crippen LogP contribution in [0.3, 0.4) is 0 Å². The van der Waals surface area contributed by atoms with Crippen LogP contribution >= 0.6 is 11.6 Å². The minimum Gasteiger partial charge on any atom is -0.365 e. The largest absolute Gasteiger partial charge is 0.365 e. The van der Waals surface area contributed by atoms with Gasteiger partial charge in [0, 0.05) is 22.5 Å². The van der Waals surface area contributed by atoms with Gasteiger partial charge in [-0.3, -0.25) is 0 Å². The van der Waals surface area contributed by atoms with Crippen LogP contribution in [0, 0.1) is 6.92 Å². The Hall–Kier alpha value is -2.43. The number of anilines is 1.